The molecule has 0 aromatic carbocycles. The summed E-state index contributed by atoms with van der Waals surface area (Å²) in [7, 11) is 1.71. The van der Waals surface area contributed by atoms with Crippen LogP contribution in [0.3, 0.4) is 0 Å². The molecule has 6 rings (SSSR count). The van der Waals surface area contributed by atoms with Crippen molar-refractivity contribution in [1.29, 1.82) is 0 Å². The van der Waals surface area contributed by atoms with Crippen LogP contribution in [0.1, 0.15) is 43.0 Å². The zero-order valence-electron chi connectivity index (χ0n) is 19.6. The third kappa shape index (κ3) is 4.32. The van der Waals surface area contributed by atoms with Gasteiger partial charge in [0.2, 0.25) is 5.88 Å². The molecular formula is C26H34N6O. The molecule has 0 unspecified atom stereocenters. The molecule has 33 heavy (non-hydrogen) atoms. The fourth-order valence-corrected chi connectivity index (χ4v) is 5.50. The molecule has 3 aromatic heterocycles. The first-order valence-corrected chi connectivity index (χ1v) is 12.5. The maximum absolute atomic E-state index is 5.51. The van der Waals surface area contributed by atoms with E-state index in [1.807, 2.05) is 6.07 Å². The Morgan fingerprint density at radius 3 is 2.73 bits per heavy atom. The van der Waals surface area contributed by atoms with Crippen LogP contribution in [-0.4, -0.2) is 70.5 Å². The number of hydrogen-bond acceptors (Lipinski definition) is 6. The van der Waals surface area contributed by atoms with Crippen LogP contribution in [0, 0.1) is 5.92 Å². The van der Waals surface area contributed by atoms with Crippen molar-refractivity contribution in [2.45, 2.75) is 38.3 Å². The van der Waals surface area contributed by atoms with E-state index in [0.717, 1.165) is 62.3 Å². The fraction of sp³-hybridized carbons (Fsp3) is 0.538. The highest BCUT2D eigenvalue weighted by Gasteiger charge is 2.34. The minimum absolute atomic E-state index is 0.313. The zero-order chi connectivity index (χ0) is 22.2. The number of piperazine rings is 1. The highest BCUT2D eigenvalue weighted by molar-refractivity contribution is 5.53. The van der Waals surface area contributed by atoms with Crippen LogP contribution >= 0.6 is 0 Å². The first-order valence-electron chi connectivity index (χ1n) is 12.5. The van der Waals surface area contributed by atoms with Gasteiger partial charge in [-0.1, -0.05) is 12.1 Å². The number of ether oxygens (including phenoxy) is 1. The first-order chi connectivity index (χ1) is 16.3. The van der Waals surface area contributed by atoms with Crippen LogP contribution in [0.15, 0.2) is 42.7 Å². The molecule has 3 aromatic rings. The minimum Gasteiger partial charge on any atom is -0.481 e. The Labute approximate surface area is 196 Å². The van der Waals surface area contributed by atoms with Gasteiger partial charge in [0.15, 0.2) is 0 Å². The lowest BCUT2D eigenvalue weighted by Gasteiger charge is -2.41. The summed E-state index contributed by atoms with van der Waals surface area (Å²) in [6, 6.07) is 11.0. The number of nitrogens with zero attached hydrogens (tertiary/aromatic N) is 6. The lowest BCUT2D eigenvalue weighted by molar-refractivity contribution is 0.0634. The number of hydrogen-bond donors (Lipinski definition) is 0. The molecule has 0 spiro atoms. The van der Waals surface area contributed by atoms with E-state index in [4.69, 9.17) is 9.72 Å². The summed E-state index contributed by atoms with van der Waals surface area (Å²) in [5.41, 5.74) is 3.41. The molecule has 0 radical (unpaired) electrons. The van der Waals surface area contributed by atoms with Crippen molar-refractivity contribution in [3.63, 3.8) is 0 Å². The molecule has 0 N–H and O–H groups in total. The second kappa shape index (κ2) is 8.95. The number of aromatic nitrogens is 3. The quantitative estimate of drug-likeness (QED) is 0.553. The van der Waals surface area contributed by atoms with Gasteiger partial charge in [-0.3, -0.25) is 14.2 Å². The molecule has 3 aliphatic rings. The Morgan fingerprint density at radius 1 is 1.03 bits per heavy atom. The van der Waals surface area contributed by atoms with Crippen LogP contribution in [0.4, 0.5) is 5.82 Å². The third-order valence-electron chi connectivity index (χ3n) is 7.46. The molecule has 3 fully saturated rings. The number of methoxy groups -OCH3 is 1. The van der Waals surface area contributed by atoms with Crippen LogP contribution in [0.25, 0.3) is 5.65 Å². The highest BCUT2D eigenvalue weighted by Crippen LogP contribution is 2.35. The molecule has 174 valence electrons. The number of anilines is 1. The van der Waals surface area contributed by atoms with E-state index in [9.17, 15) is 0 Å². The summed E-state index contributed by atoms with van der Waals surface area (Å²) in [5.74, 6) is 2.89. The Bertz CT molecular complexity index is 1100. The molecule has 2 aliphatic heterocycles. The summed E-state index contributed by atoms with van der Waals surface area (Å²) < 4.78 is 7.83. The molecule has 0 bridgehead atoms. The Hall–Kier alpha value is -2.64. The SMILES string of the molecule is COc1ncccc1CN1CCN(CC2CC2)[C@@H](c2cn3c(N4CCCC4)cccc3n2)C1. The average Bonchev–Trinajstić information content (AvgIpc) is 3.32. The monoisotopic (exact) mass is 446 g/mol. The van der Waals surface area contributed by atoms with E-state index in [1.165, 1.54) is 43.7 Å². The van der Waals surface area contributed by atoms with Gasteiger partial charge in [-0.2, -0.15) is 0 Å². The van der Waals surface area contributed by atoms with E-state index >= 15 is 0 Å². The molecule has 2 saturated heterocycles. The number of rotatable bonds is 7. The van der Waals surface area contributed by atoms with Crippen molar-refractivity contribution in [3.8, 4) is 5.88 Å². The van der Waals surface area contributed by atoms with E-state index in [2.05, 4.69) is 54.5 Å². The lowest BCUT2D eigenvalue weighted by Crippen LogP contribution is -2.48. The van der Waals surface area contributed by atoms with E-state index in [1.54, 1.807) is 13.3 Å². The zero-order valence-corrected chi connectivity index (χ0v) is 19.6. The summed E-state index contributed by atoms with van der Waals surface area (Å²) in [5, 5.41) is 0. The summed E-state index contributed by atoms with van der Waals surface area (Å²) in [6.45, 7) is 7.46. The van der Waals surface area contributed by atoms with Crippen molar-refractivity contribution >= 4 is 11.5 Å². The van der Waals surface area contributed by atoms with Gasteiger partial charge in [-0.05, 0) is 49.8 Å². The number of pyridine rings is 2. The minimum atomic E-state index is 0.313. The van der Waals surface area contributed by atoms with Crippen LogP contribution in [-0.2, 0) is 6.54 Å². The standard InChI is InChI=1S/C26H34N6O/c1-33-26-21(6-5-11-27-26)17-29-14-15-31(16-20-9-10-20)23(19-29)22-18-32-24(28-22)7-4-8-25(32)30-12-2-3-13-30/h4-8,11,18,20,23H,2-3,9-10,12-17,19H2,1H3/t23-/m1/s1. The van der Waals surface area contributed by atoms with Crippen molar-refractivity contribution in [3.05, 3.63) is 54.0 Å². The van der Waals surface area contributed by atoms with Crippen molar-refractivity contribution in [2.24, 2.45) is 5.92 Å². The second-order valence-corrected chi connectivity index (χ2v) is 9.83. The molecule has 7 heteroatoms. The maximum atomic E-state index is 5.51. The van der Waals surface area contributed by atoms with Crippen LogP contribution in [0.5, 0.6) is 5.88 Å². The van der Waals surface area contributed by atoms with E-state index < -0.39 is 0 Å². The van der Waals surface area contributed by atoms with Gasteiger partial charge in [0.1, 0.15) is 11.5 Å². The Morgan fingerprint density at radius 2 is 1.91 bits per heavy atom. The van der Waals surface area contributed by atoms with Gasteiger partial charge in [-0.25, -0.2) is 9.97 Å². The van der Waals surface area contributed by atoms with Crippen LogP contribution < -0.4 is 9.64 Å². The largest absolute Gasteiger partial charge is 0.481 e. The molecule has 0 amide bonds. The normalized spacial score (nSPS) is 22.3. The smallest absolute Gasteiger partial charge is 0.217 e. The first kappa shape index (κ1) is 20.9. The topological polar surface area (TPSA) is 49.1 Å². The number of imidazole rings is 1. The summed E-state index contributed by atoms with van der Waals surface area (Å²) in [4.78, 5) is 17.3. The van der Waals surface area contributed by atoms with Gasteiger partial charge in [-0.15, -0.1) is 0 Å². The predicted molar refractivity (Wildman–Crippen MR) is 130 cm³/mol. The lowest BCUT2D eigenvalue weighted by atomic mass is 10.1. The second-order valence-electron chi connectivity index (χ2n) is 9.83. The number of fused-ring (bicyclic) bond motifs is 1. The average molecular weight is 447 g/mol. The molecule has 1 saturated carbocycles. The summed E-state index contributed by atoms with van der Waals surface area (Å²) >= 11 is 0. The van der Waals surface area contributed by atoms with Gasteiger partial charge in [0.25, 0.3) is 0 Å². The molecule has 1 aliphatic carbocycles. The van der Waals surface area contributed by atoms with Crippen molar-refractivity contribution in [1.82, 2.24) is 24.2 Å². The molecule has 1 atom stereocenters. The fourth-order valence-electron chi connectivity index (χ4n) is 5.50. The van der Waals surface area contributed by atoms with E-state index in [0.29, 0.717) is 6.04 Å². The van der Waals surface area contributed by atoms with Crippen molar-refractivity contribution < 1.29 is 4.74 Å². The van der Waals surface area contributed by atoms with Gasteiger partial charge >= 0.3 is 0 Å². The molecular weight excluding hydrogens is 412 g/mol. The van der Waals surface area contributed by atoms with E-state index in [-0.39, 0.29) is 0 Å². The molecule has 7 nitrogen and oxygen atoms in total. The van der Waals surface area contributed by atoms with Crippen LogP contribution in [0.2, 0.25) is 0 Å². The van der Waals surface area contributed by atoms with Gasteiger partial charge in [0, 0.05) is 63.8 Å². The predicted octanol–water partition coefficient (Wildman–Crippen LogP) is 3.61. The maximum Gasteiger partial charge on any atom is 0.217 e. The van der Waals surface area contributed by atoms with Gasteiger partial charge < -0.3 is 9.64 Å². The summed E-state index contributed by atoms with van der Waals surface area (Å²) in [6.07, 6.45) is 9.42. The Kier molecular flexibility index (Phi) is 5.68. The third-order valence-corrected chi connectivity index (χ3v) is 7.46. The van der Waals surface area contributed by atoms with Gasteiger partial charge in [0.05, 0.1) is 18.8 Å². The highest BCUT2D eigenvalue weighted by atomic mass is 16.5. The van der Waals surface area contributed by atoms with Crippen molar-refractivity contribution in [2.75, 3.05) is 51.3 Å². The Balaban J connectivity index is 1.29. The molecule has 5 heterocycles.